The van der Waals surface area contributed by atoms with Crippen molar-refractivity contribution in [1.82, 2.24) is 9.62 Å². The van der Waals surface area contributed by atoms with Crippen molar-refractivity contribution >= 4 is 33.2 Å². The van der Waals surface area contributed by atoms with E-state index in [1.165, 1.54) is 4.31 Å². The van der Waals surface area contributed by atoms with E-state index < -0.39 is 21.6 Å². The molecule has 0 radical (unpaired) electrons. The number of ether oxygens (including phenoxy) is 2. The molecule has 1 spiro atoms. The molecule has 2 aliphatic heterocycles. The van der Waals surface area contributed by atoms with Crippen LogP contribution in [0.3, 0.4) is 0 Å². The van der Waals surface area contributed by atoms with Crippen LogP contribution in [-0.2, 0) is 30.9 Å². The molecule has 0 bridgehead atoms. The highest BCUT2D eigenvalue weighted by atomic mass is 32.2. The predicted octanol–water partition coefficient (Wildman–Crippen LogP) is 2.86. The Balaban J connectivity index is 1.50. The smallest absolute Gasteiger partial charge is 0.335 e. The van der Waals surface area contributed by atoms with Gasteiger partial charge in [-0.05, 0) is 31.4 Å². The first kappa shape index (κ1) is 23.5. The molecule has 1 fully saturated rings. The van der Waals surface area contributed by atoms with E-state index in [1.54, 1.807) is 24.4 Å². The van der Waals surface area contributed by atoms with E-state index in [-0.39, 0.29) is 53.7 Å². The van der Waals surface area contributed by atoms with Crippen LogP contribution >= 0.6 is 11.3 Å². The molecule has 3 heterocycles. The zero-order chi connectivity index (χ0) is 23.6. The normalized spacial score (nSPS) is 18.4. The predicted molar refractivity (Wildman–Crippen MR) is 123 cm³/mol. The fourth-order valence-electron chi connectivity index (χ4n) is 4.31. The highest BCUT2D eigenvalue weighted by molar-refractivity contribution is 7.91. The minimum atomic E-state index is -3.61. The molecule has 1 amide bonds. The van der Waals surface area contributed by atoms with Crippen LogP contribution in [-0.4, -0.2) is 49.9 Å². The summed E-state index contributed by atoms with van der Waals surface area (Å²) in [5, 5.41) is 4.60. The number of benzene rings is 1. The van der Waals surface area contributed by atoms with Crippen LogP contribution in [0.2, 0.25) is 0 Å². The van der Waals surface area contributed by atoms with Gasteiger partial charge in [-0.25, -0.2) is 13.2 Å². The van der Waals surface area contributed by atoms with Crippen LogP contribution in [0.25, 0.3) is 0 Å². The summed E-state index contributed by atoms with van der Waals surface area (Å²) in [6, 6.07) is 10.7. The van der Waals surface area contributed by atoms with Crippen molar-refractivity contribution in [3.8, 4) is 5.75 Å². The van der Waals surface area contributed by atoms with Gasteiger partial charge in [-0.15, -0.1) is 11.3 Å². The van der Waals surface area contributed by atoms with Crippen molar-refractivity contribution < 1.29 is 27.5 Å². The number of carbonyl (C=O) groups is 2. The number of nitrogens with one attached hydrogen (secondary N) is 1. The Bertz CT molecular complexity index is 1180. The monoisotopic (exact) mass is 490 g/mol. The zero-order valence-corrected chi connectivity index (χ0v) is 20.1. The molecule has 176 valence electrons. The van der Waals surface area contributed by atoms with Gasteiger partial charge in [0.25, 0.3) is 15.9 Å². The van der Waals surface area contributed by atoms with Crippen molar-refractivity contribution in [1.29, 1.82) is 0 Å². The third-order valence-electron chi connectivity index (χ3n) is 5.98. The maximum Gasteiger partial charge on any atom is 0.335 e. The van der Waals surface area contributed by atoms with Crippen molar-refractivity contribution in [3.63, 3.8) is 0 Å². The standard InChI is InChI=1S/C23H26N2O6S2/c1-3-30-18-8-5-4-7-17(18)15-24-21(26)20-16(2)22(27)31-23(20)10-12-25(13-11-23)33(28,29)19-9-6-14-32-19/h4-9,14H,3,10-13,15H2,1-2H3,(H,24,26). The van der Waals surface area contributed by atoms with Crippen LogP contribution in [0, 0.1) is 0 Å². The van der Waals surface area contributed by atoms with Gasteiger partial charge in [0.2, 0.25) is 0 Å². The topological polar surface area (TPSA) is 102 Å². The van der Waals surface area contributed by atoms with Gasteiger partial charge in [-0.2, -0.15) is 4.31 Å². The summed E-state index contributed by atoms with van der Waals surface area (Å²) in [5.74, 6) is -0.241. The van der Waals surface area contributed by atoms with E-state index in [1.807, 2.05) is 31.2 Å². The number of esters is 1. The highest BCUT2D eigenvalue weighted by Gasteiger charge is 2.52. The summed E-state index contributed by atoms with van der Waals surface area (Å²) in [6.45, 7) is 4.52. The highest BCUT2D eigenvalue weighted by Crippen LogP contribution is 2.42. The van der Waals surface area contributed by atoms with Crippen molar-refractivity contribution in [2.45, 2.75) is 43.0 Å². The quantitative estimate of drug-likeness (QED) is 0.599. The molecule has 8 nitrogen and oxygen atoms in total. The van der Waals surface area contributed by atoms with Gasteiger partial charge in [0.1, 0.15) is 15.6 Å². The van der Waals surface area contributed by atoms with E-state index in [2.05, 4.69) is 5.32 Å². The molecule has 4 rings (SSSR count). The molecule has 1 aromatic carbocycles. The van der Waals surface area contributed by atoms with Crippen LogP contribution < -0.4 is 10.1 Å². The molecule has 1 N–H and O–H groups in total. The minimum absolute atomic E-state index is 0.157. The number of hydrogen-bond donors (Lipinski definition) is 1. The van der Waals surface area contributed by atoms with E-state index in [9.17, 15) is 18.0 Å². The Morgan fingerprint density at radius 1 is 1.21 bits per heavy atom. The lowest BCUT2D eigenvalue weighted by Crippen LogP contribution is -2.50. The van der Waals surface area contributed by atoms with Gasteiger partial charge in [-0.1, -0.05) is 24.3 Å². The van der Waals surface area contributed by atoms with Gasteiger partial charge in [-0.3, -0.25) is 4.79 Å². The molecule has 10 heteroatoms. The third kappa shape index (κ3) is 4.42. The molecule has 33 heavy (non-hydrogen) atoms. The molecule has 0 atom stereocenters. The van der Waals surface area contributed by atoms with Crippen LogP contribution in [0.5, 0.6) is 5.75 Å². The maximum absolute atomic E-state index is 13.2. The number of rotatable bonds is 7. The summed E-state index contributed by atoms with van der Waals surface area (Å²) in [4.78, 5) is 25.6. The molecule has 1 aromatic heterocycles. The van der Waals surface area contributed by atoms with Crippen LogP contribution in [0.15, 0.2) is 57.1 Å². The lowest BCUT2D eigenvalue weighted by molar-refractivity contribution is -0.150. The second-order valence-corrected chi connectivity index (χ2v) is 11.1. The van der Waals surface area contributed by atoms with Gasteiger partial charge in [0.15, 0.2) is 0 Å². The van der Waals surface area contributed by atoms with Crippen molar-refractivity contribution in [3.05, 3.63) is 58.5 Å². The number of para-hydroxylation sites is 1. The Labute approximate surface area is 197 Å². The van der Waals surface area contributed by atoms with E-state index in [0.717, 1.165) is 16.9 Å². The first-order chi connectivity index (χ1) is 15.8. The Morgan fingerprint density at radius 2 is 1.94 bits per heavy atom. The zero-order valence-electron chi connectivity index (χ0n) is 18.5. The lowest BCUT2D eigenvalue weighted by atomic mass is 9.83. The summed E-state index contributed by atoms with van der Waals surface area (Å²) < 4.78 is 38.7. The molecule has 0 unspecified atom stereocenters. The summed E-state index contributed by atoms with van der Waals surface area (Å²) in [5.41, 5.74) is 0.253. The molecule has 2 aromatic rings. The van der Waals surface area contributed by atoms with E-state index in [0.29, 0.717) is 12.4 Å². The third-order valence-corrected chi connectivity index (χ3v) is 9.25. The van der Waals surface area contributed by atoms with Gasteiger partial charge < -0.3 is 14.8 Å². The minimum Gasteiger partial charge on any atom is -0.494 e. The molecule has 1 saturated heterocycles. The number of sulfonamides is 1. The number of piperidine rings is 1. The fraction of sp³-hybridized carbons (Fsp3) is 0.391. The van der Waals surface area contributed by atoms with E-state index in [4.69, 9.17) is 9.47 Å². The largest absolute Gasteiger partial charge is 0.494 e. The Kier molecular flexibility index (Phi) is 6.60. The molecule has 0 aliphatic carbocycles. The molecule has 2 aliphatic rings. The SMILES string of the molecule is CCOc1ccccc1CNC(=O)C1=C(C)C(=O)OC12CCN(S(=O)(=O)c1cccs1)CC2. The molecular weight excluding hydrogens is 464 g/mol. The van der Waals surface area contributed by atoms with Crippen LogP contribution in [0.4, 0.5) is 0 Å². The number of amides is 1. The van der Waals surface area contributed by atoms with Crippen molar-refractivity contribution in [2.24, 2.45) is 0 Å². The number of nitrogens with zero attached hydrogens (tertiary/aromatic N) is 1. The molecule has 0 saturated carbocycles. The van der Waals surface area contributed by atoms with Crippen molar-refractivity contribution in [2.75, 3.05) is 19.7 Å². The maximum atomic E-state index is 13.2. The average Bonchev–Trinajstić information content (AvgIpc) is 3.42. The second-order valence-electron chi connectivity index (χ2n) is 7.94. The summed E-state index contributed by atoms with van der Waals surface area (Å²) >= 11 is 1.16. The van der Waals surface area contributed by atoms with Crippen LogP contribution in [0.1, 0.15) is 32.3 Å². The average molecular weight is 491 g/mol. The van der Waals surface area contributed by atoms with Gasteiger partial charge >= 0.3 is 5.97 Å². The first-order valence-corrected chi connectivity index (χ1v) is 13.1. The first-order valence-electron chi connectivity index (χ1n) is 10.8. The second kappa shape index (κ2) is 9.28. The lowest BCUT2D eigenvalue weighted by Gasteiger charge is -2.38. The molecular formula is C23H26N2O6S2. The fourth-order valence-corrected chi connectivity index (χ4v) is 6.90. The summed E-state index contributed by atoms with van der Waals surface area (Å²) in [7, 11) is -3.61. The summed E-state index contributed by atoms with van der Waals surface area (Å²) in [6.07, 6.45) is 0.442. The number of carbonyl (C=O) groups excluding carboxylic acids is 2. The number of hydrogen-bond acceptors (Lipinski definition) is 7. The number of thiophene rings is 1. The van der Waals surface area contributed by atoms with Gasteiger partial charge in [0, 0.05) is 43.6 Å². The Hall–Kier alpha value is -2.69. The van der Waals surface area contributed by atoms with Gasteiger partial charge in [0.05, 0.1) is 12.2 Å². The Morgan fingerprint density at radius 3 is 2.61 bits per heavy atom. The van der Waals surface area contributed by atoms with E-state index >= 15 is 0 Å².